The Hall–Kier alpha value is -4.45. The van der Waals surface area contributed by atoms with E-state index in [0.29, 0.717) is 19.3 Å². The van der Waals surface area contributed by atoms with Crippen molar-refractivity contribution < 1.29 is 28.6 Å². The van der Waals surface area contributed by atoms with Crippen molar-refractivity contribution in [1.29, 1.82) is 0 Å². The lowest BCUT2D eigenvalue weighted by Gasteiger charge is -2.18. The Morgan fingerprint density at radius 2 is 0.470 bits per heavy atom. The van der Waals surface area contributed by atoms with Gasteiger partial charge in [-0.3, -0.25) is 14.4 Å². The predicted octanol–water partition coefficient (Wildman–Crippen LogP) is 24.1. The molecular weight excluding hydrogens is 1020 g/mol. The molecule has 6 heteroatoms. The van der Waals surface area contributed by atoms with Gasteiger partial charge in [-0.1, -0.05) is 315 Å². The van der Waals surface area contributed by atoms with E-state index in [2.05, 4.69) is 154 Å². The Labute approximate surface area is 513 Å². The van der Waals surface area contributed by atoms with Crippen LogP contribution in [0.5, 0.6) is 0 Å². The SMILES string of the molecule is CC/C=C\C/C=C\C/C=C\C/C=C\C/C=C\C/C=C\C/C=C\C/C=C\CCCCCCCCCCCCC(=O)OCC(COC(=O)CCCCCCCCCCCCCCC)OC(=O)CCCCCCCCC/C=C\C/C=C\C/C=C\CC. The molecule has 0 heterocycles. The number of ether oxygens (including phenoxy) is 3. The highest BCUT2D eigenvalue weighted by Crippen LogP contribution is 2.16. The molecule has 0 saturated heterocycles. The van der Waals surface area contributed by atoms with Crippen LogP contribution in [-0.4, -0.2) is 37.2 Å². The molecule has 0 rings (SSSR count). The molecule has 0 spiro atoms. The molecule has 0 aliphatic heterocycles. The van der Waals surface area contributed by atoms with E-state index in [9.17, 15) is 14.4 Å². The first-order chi connectivity index (χ1) is 41.0. The molecule has 0 aromatic carbocycles. The van der Waals surface area contributed by atoms with Gasteiger partial charge in [0.15, 0.2) is 6.10 Å². The summed E-state index contributed by atoms with van der Waals surface area (Å²) >= 11 is 0. The third-order valence-corrected chi connectivity index (χ3v) is 14.7. The van der Waals surface area contributed by atoms with E-state index in [1.807, 2.05) is 0 Å². The zero-order valence-electron chi connectivity index (χ0n) is 54.2. The van der Waals surface area contributed by atoms with Gasteiger partial charge in [-0.15, -0.1) is 0 Å². The smallest absolute Gasteiger partial charge is 0.306 e. The maximum atomic E-state index is 12.9. The van der Waals surface area contributed by atoms with Crippen LogP contribution in [0.25, 0.3) is 0 Å². The molecule has 0 radical (unpaired) electrons. The van der Waals surface area contributed by atoms with Gasteiger partial charge in [-0.05, 0) is 116 Å². The Kier molecular flexibility index (Phi) is 66.3. The maximum Gasteiger partial charge on any atom is 0.306 e. The molecule has 472 valence electrons. The quantitative estimate of drug-likeness (QED) is 0.0261. The molecule has 1 unspecified atom stereocenters. The summed E-state index contributed by atoms with van der Waals surface area (Å²) < 4.78 is 16.9. The summed E-state index contributed by atoms with van der Waals surface area (Å²) in [6.07, 6.45) is 99.0. The fraction of sp³-hybridized carbons (Fsp3) is 0.675. The van der Waals surface area contributed by atoms with E-state index in [0.717, 1.165) is 135 Å². The molecule has 0 aliphatic rings. The number of carbonyl (C=O) groups is 3. The van der Waals surface area contributed by atoms with E-state index >= 15 is 0 Å². The molecule has 0 aliphatic carbocycles. The monoisotopic (exact) mass is 1150 g/mol. The zero-order chi connectivity index (χ0) is 59.9. The molecule has 0 bridgehead atoms. The minimum atomic E-state index is -0.787. The number of hydrogen-bond acceptors (Lipinski definition) is 6. The van der Waals surface area contributed by atoms with Crippen LogP contribution < -0.4 is 0 Å². The van der Waals surface area contributed by atoms with Crippen LogP contribution >= 0.6 is 0 Å². The summed E-state index contributed by atoms with van der Waals surface area (Å²) in [5.74, 6) is -0.888. The van der Waals surface area contributed by atoms with E-state index in [1.54, 1.807) is 0 Å². The summed E-state index contributed by atoms with van der Waals surface area (Å²) in [6.45, 7) is 6.42. The molecule has 6 nitrogen and oxygen atoms in total. The van der Waals surface area contributed by atoms with Crippen LogP contribution in [-0.2, 0) is 28.6 Å². The first-order valence-corrected chi connectivity index (χ1v) is 34.7. The average molecular weight is 1150 g/mol. The van der Waals surface area contributed by atoms with Gasteiger partial charge in [-0.2, -0.15) is 0 Å². The third-order valence-electron chi connectivity index (χ3n) is 14.7. The van der Waals surface area contributed by atoms with Crippen molar-refractivity contribution in [2.45, 2.75) is 322 Å². The Morgan fingerprint density at radius 3 is 0.735 bits per heavy atom. The van der Waals surface area contributed by atoms with Gasteiger partial charge in [0.2, 0.25) is 0 Å². The van der Waals surface area contributed by atoms with Gasteiger partial charge in [0.05, 0.1) is 0 Å². The Balaban J connectivity index is 4.24. The summed E-state index contributed by atoms with van der Waals surface area (Å²) in [4.78, 5) is 38.4. The van der Waals surface area contributed by atoms with E-state index in [4.69, 9.17) is 14.2 Å². The van der Waals surface area contributed by atoms with Crippen LogP contribution in [0.4, 0.5) is 0 Å². The van der Waals surface area contributed by atoms with E-state index in [-0.39, 0.29) is 31.1 Å². The lowest BCUT2D eigenvalue weighted by molar-refractivity contribution is -0.167. The topological polar surface area (TPSA) is 78.9 Å². The molecular formula is C77H128O6. The van der Waals surface area contributed by atoms with Crippen molar-refractivity contribution in [3.63, 3.8) is 0 Å². The average Bonchev–Trinajstić information content (AvgIpc) is 3.49. The number of unbranched alkanes of at least 4 members (excludes halogenated alkanes) is 29. The minimum absolute atomic E-state index is 0.0823. The molecule has 83 heavy (non-hydrogen) atoms. The van der Waals surface area contributed by atoms with Crippen LogP contribution in [0.1, 0.15) is 316 Å². The van der Waals surface area contributed by atoms with Gasteiger partial charge in [0, 0.05) is 19.3 Å². The number of hydrogen-bond donors (Lipinski definition) is 0. The van der Waals surface area contributed by atoms with Gasteiger partial charge in [0.1, 0.15) is 13.2 Å². The van der Waals surface area contributed by atoms with Crippen molar-refractivity contribution in [3.8, 4) is 0 Å². The number of esters is 3. The first-order valence-electron chi connectivity index (χ1n) is 34.7. The summed E-state index contributed by atoms with van der Waals surface area (Å²) in [6, 6.07) is 0. The third kappa shape index (κ3) is 68.2. The highest BCUT2D eigenvalue weighted by molar-refractivity contribution is 5.71. The highest BCUT2D eigenvalue weighted by atomic mass is 16.6. The summed E-state index contributed by atoms with van der Waals surface area (Å²) in [5.41, 5.74) is 0. The molecule has 0 aromatic heterocycles. The second-order valence-electron chi connectivity index (χ2n) is 22.7. The standard InChI is InChI=1S/C77H128O6/c1-4-7-10-13-16-19-22-25-27-29-30-31-32-33-34-35-36-37-38-39-40-41-42-43-44-45-46-48-49-52-55-58-61-64-67-70-76(79)82-73-74(72-81-75(78)69-66-63-60-57-54-51-24-21-18-15-12-9-6-3)83-77(80)71-68-65-62-59-56-53-50-47-28-26-23-20-17-14-11-8-5-2/h7-8,10-11,16-17,19-20,25-28,30-31,33-34,36-37,39-40,42-43,74H,4-6,9,12-15,18,21-24,29,32,35,38,41,44-73H2,1-3H3/b10-7-,11-8-,19-16-,20-17-,27-25-,28-26-,31-30-,34-33-,37-36-,40-39-,43-42-. The van der Waals surface area contributed by atoms with Crippen molar-refractivity contribution in [3.05, 3.63) is 134 Å². The molecule has 0 fully saturated rings. The number of carbonyl (C=O) groups excluding carboxylic acids is 3. The van der Waals surface area contributed by atoms with Crippen molar-refractivity contribution in [1.82, 2.24) is 0 Å². The summed E-state index contributed by atoms with van der Waals surface area (Å²) in [7, 11) is 0. The largest absolute Gasteiger partial charge is 0.462 e. The van der Waals surface area contributed by atoms with Crippen molar-refractivity contribution in [2.24, 2.45) is 0 Å². The number of allylic oxidation sites excluding steroid dienone is 22. The van der Waals surface area contributed by atoms with Gasteiger partial charge >= 0.3 is 17.9 Å². The normalized spacial score (nSPS) is 13.0. The van der Waals surface area contributed by atoms with Gasteiger partial charge in [-0.25, -0.2) is 0 Å². The van der Waals surface area contributed by atoms with Crippen LogP contribution in [0.3, 0.4) is 0 Å². The molecule has 0 N–H and O–H groups in total. The van der Waals surface area contributed by atoms with Crippen molar-refractivity contribution >= 4 is 17.9 Å². The second kappa shape index (κ2) is 70.0. The molecule has 1 atom stereocenters. The van der Waals surface area contributed by atoms with Crippen LogP contribution in [0, 0.1) is 0 Å². The molecule has 0 saturated carbocycles. The van der Waals surface area contributed by atoms with Crippen LogP contribution in [0.2, 0.25) is 0 Å². The first kappa shape index (κ1) is 78.5. The Morgan fingerprint density at radius 1 is 0.253 bits per heavy atom. The number of rotatable bonds is 62. The minimum Gasteiger partial charge on any atom is -0.462 e. The molecule has 0 amide bonds. The van der Waals surface area contributed by atoms with Crippen LogP contribution in [0.15, 0.2) is 134 Å². The predicted molar refractivity (Wildman–Crippen MR) is 362 cm³/mol. The maximum absolute atomic E-state index is 12.9. The fourth-order valence-electron chi connectivity index (χ4n) is 9.53. The lowest BCUT2D eigenvalue weighted by Crippen LogP contribution is -2.30. The molecule has 0 aromatic rings. The van der Waals surface area contributed by atoms with Gasteiger partial charge < -0.3 is 14.2 Å². The fourth-order valence-corrected chi connectivity index (χ4v) is 9.53. The zero-order valence-corrected chi connectivity index (χ0v) is 54.2. The highest BCUT2D eigenvalue weighted by Gasteiger charge is 2.19. The Bertz CT molecular complexity index is 1750. The second-order valence-corrected chi connectivity index (χ2v) is 22.7. The van der Waals surface area contributed by atoms with E-state index < -0.39 is 6.10 Å². The van der Waals surface area contributed by atoms with Crippen molar-refractivity contribution in [2.75, 3.05) is 13.2 Å². The van der Waals surface area contributed by atoms with E-state index in [1.165, 1.54) is 141 Å². The lowest BCUT2D eigenvalue weighted by atomic mass is 10.0. The van der Waals surface area contributed by atoms with Gasteiger partial charge in [0.25, 0.3) is 0 Å². The summed E-state index contributed by atoms with van der Waals surface area (Å²) in [5, 5.41) is 0.